The van der Waals surface area contributed by atoms with E-state index in [4.69, 9.17) is 20.8 Å². The van der Waals surface area contributed by atoms with E-state index in [1.54, 1.807) is 36.1 Å². The van der Waals surface area contributed by atoms with E-state index in [1.807, 2.05) is 18.2 Å². The second kappa shape index (κ2) is 7.13. The van der Waals surface area contributed by atoms with Gasteiger partial charge in [-0.1, -0.05) is 29.8 Å². The summed E-state index contributed by atoms with van der Waals surface area (Å²) < 4.78 is 11.5. The van der Waals surface area contributed by atoms with Crippen molar-refractivity contribution in [2.45, 2.75) is 37.7 Å². The van der Waals surface area contributed by atoms with E-state index in [2.05, 4.69) is 4.98 Å². The van der Waals surface area contributed by atoms with Gasteiger partial charge >= 0.3 is 5.97 Å². The standard InChI is InChI=1S/C23H21ClN2O4/c1-23(13-15-4-2-3-5-17(15)21(27)30-23)22(28)26-10-8-14(9-11-26)20-25-18-12-16(24)6-7-19(18)29-20/h2-7,12,14H,8-11,13H2,1H3. The summed E-state index contributed by atoms with van der Waals surface area (Å²) in [5.74, 6) is 0.243. The van der Waals surface area contributed by atoms with Gasteiger partial charge in [0, 0.05) is 30.5 Å². The monoisotopic (exact) mass is 424 g/mol. The molecule has 1 amide bonds. The third kappa shape index (κ3) is 3.25. The number of esters is 1. The number of nitrogens with zero attached hydrogens (tertiary/aromatic N) is 2. The normalized spacial score (nSPS) is 22.1. The molecular weight excluding hydrogens is 404 g/mol. The summed E-state index contributed by atoms with van der Waals surface area (Å²) in [4.78, 5) is 32.0. The molecule has 3 heterocycles. The first-order valence-electron chi connectivity index (χ1n) is 10.1. The van der Waals surface area contributed by atoms with Gasteiger partial charge in [0.05, 0.1) is 5.56 Å². The van der Waals surface area contributed by atoms with Crippen LogP contribution < -0.4 is 0 Å². The van der Waals surface area contributed by atoms with Crippen LogP contribution in [0.3, 0.4) is 0 Å². The Balaban J connectivity index is 1.29. The lowest BCUT2D eigenvalue weighted by Crippen LogP contribution is -2.54. The molecule has 2 aliphatic heterocycles. The Hall–Kier alpha value is -2.86. The highest BCUT2D eigenvalue weighted by molar-refractivity contribution is 6.31. The minimum absolute atomic E-state index is 0.141. The van der Waals surface area contributed by atoms with Crippen LogP contribution in [0.4, 0.5) is 0 Å². The van der Waals surface area contributed by atoms with E-state index in [-0.39, 0.29) is 11.8 Å². The van der Waals surface area contributed by atoms with E-state index < -0.39 is 11.6 Å². The van der Waals surface area contributed by atoms with Gasteiger partial charge in [-0.3, -0.25) is 4.79 Å². The first-order valence-corrected chi connectivity index (χ1v) is 10.5. The molecule has 1 unspecified atom stereocenters. The lowest BCUT2D eigenvalue weighted by Gasteiger charge is -2.39. The molecule has 154 valence electrons. The summed E-state index contributed by atoms with van der Waals surface area (Å²) >= 11 is 6.03. The maximum Gasteiger partial charge on any atom is 0.339 e. The van der Waals surface area contributed by atoms with Crippen LogP contribution in [0.25, 0.3) is 11.1 Å². The maximum atomic E-state index is 13.2. The Labute approximate surface area is 178 Å². The van der Waals surface area contributed by atoms with E-state index in [9.17, 15) is 9.59 Å². The van der Waals surface area contributed by atoms with Crippen LogP contribution in [0.2, 0.25) is 5.02 Å². The Kier molecular flexibility index (Phi) is 4.54. The van der Waals surface area contributed by atoms with Gasteiger partial charge in [-0.25, -0.2) is 9.78 Å². The molecule has 1 atom stereocenters. The number of fused-ring (bicyclic) bond motifs is 2. The van der Waals surface area contributed by atoms with Crippen molar-refractivity contribution in [1.29, 1.82) is 0 Å². The van der Waals surface area contributed by atoms with Crippen LogP contribution >= 0.6 is 11.6 Å². The number of halogens is 1. The average Bonchev–Trinajstić information content (AvgIpc) is 3.16. The molecule has 0 spiro atoms. The quantitative estimate of drug-likeness (QED) is 0.571. The lowest BCUT2D eigenvalue weighted by atomic mass is 9.87. The average molecular weight is 425 g/mol. The smallest absolute Gasteiger partial charge is 0.339 e. The van der Waals surface area contributed by atoms with Crippen LogP contribution in [-0.4, -0.2) is 40.5 Å². The van der Waals surface area contributed by atoms with Crippen LogP contribution in [0, 0.1) is 0 Å². The summed E-state index contributed by atoms with van der Waals surface area (Å²) in [7, 11) is 0. The van der Waals surface area contributed by atoms with Crippen molar-refractivity contribution >= 4 is 34.6 Å². The van der Waals surface area contributed by atoms with Crippen LogP contribution in [0.15, 0.2) is 46.9 Å². The fourth-order valence-electron chi connectivity index (χ4n) is 4.41. The molecular formula is C23H21ClN2O4. The predicted octanol–water partition coefficient (Wildman–Crippen LogP) is 4.36. The van der Waals surface area contributed by atoms with Crippen molar-refractivity contribution < 1.29 is 18.7 Å². The molecule has 0 aliphatic carbocycles. The van der Waals surface area contributed by atoms with Gasteiger partial charge in [0.15, 0.2) is 17.1 Å². The van der Waals surface area contributed by atoms with Crippen LogP contribution in [0.1, 0.15) is 47.5 Å². The van der Waals surface area contributed by atoms with E-state index >= 15 is 0 Å². The van der Waals surface area contributed by atoms with Crippen molar-refractivity contribution in [2.24, 2.45) is 0 Å². The second-order valence-electron chi connectivity index (χ2n) is 8.18. The summed E-state index contributed by atoms with van der Waals surface area (Å²) in [6.45, 7) is 2.84. The second-order valence-corrected chi connectivity index (χ2v) is 8.62. The largest absolute Gasteiger partial charge is 0.445 e. The van der Waals surface area contributed by atoms with Gasteiger partial charge in [0.2, 0.25) is 0 Å². The Morgan fingerprint density at radius 2 is 1.97 bits per heavy atom. The van der Waals surface area contributed by atoms with E-state index in [0.29, 0.717) is 41.6 Å². The summed E-state index contributed by atoms with van der Waals surface area (Å²) in [6.07, 6.45) is 1.87. The Morgan fingerprint density at radius 3 is 2.77 bits per heavy atom. The predicted molar refractivity (Wildman–Crippen MR) is 112 cm³/mol. The van der Waals surface area contributed by atoms with Gasteiger partial charge in [-0.2, -0.15) is 0 Å². The van der Waals surface area contributed by atoms with Gasteiger partial charge in [-0.15, -0.1) is 0 Å². The van der Waals surface area contributed by atoms with Crippen molar-refractivity contribution in [3.8, 4) is 0 Å². The molecule has 0 saturated carbocycles. The highest BCUT2D eigenvalue weighted by atomic mass is 35.5. The number of ether oxygens (including phenoxy) is 1. The number of likely N-dealkylation sites (tertiary alicyclic amines) is 1. The first-order chi connectivity index (χ1) is 14.4. The molecule has 0 N–H and O–H groups in total. The minimum Gasteiger partial charge on any atom is -0.445 e. The summed E-state index contributed by atoms with van der Waals surface area (Å²) in [5, 5.41) is 0.625. The number of aromatic nitrogens is 1. The lowest BCUT2D eigenvalue weighted by molar-refractivity contribution is -0.152. The number of oxazole rings is 1. The molecule has 2 aliphatic rings. The summed E-state index contributed by atoms with van der Waals surface area (Å²) in [6, 6.07) is 12.7. The first kappa shape index (κ1) is 19.1. The SMILES string of the molecule is CC1(C(=O)N2CCC(c3nc4cc(Cl)ccc4o3)CC2)Cc2ccccc2C(=O)O1. The highest BCUT2D eigenvalue weighted by Crippen LogP contribution is 2.34. The number of rotatable bonds is 2. The molecule has 1 fully saturated rings. The molecule has 1 saturated heterocycles. The maximum absolute atomic E-state index is 13.2. The van der Waals surface area contributed by atoms with Crippen molar-refractivity contribution in [3.05, 3.63) is 64.5 Å². The number of benzene rings is 2. The zero-order valence-corrected chi connectivity index (χ0v) is 17.3. The Bertz CT molecular complexity index is 1150. The summed E-state index contributed by atoms with van der Waals surface area (Å²) in [5.41, 5.74) is 1.68. The number of cyclic esters (lactones) is 1. The molecule has 6 nitrogen and oxygen atoms in total. The number of hydrogen-bond donors (Lipinski definition) is 0. The number of piperidine rings is 1. The third-order valence-electron chi connectivity index (χ3n) is 6.03. The van der Waals surface area contributed by atoms with Crippen LogP contribution in [-0.2, 0) is 16.0 Å². The number of amides is 1. The zero-order chi connectivity index (χ0) is 20.9. The molecule has 0 radical (unpaired) electrons. The fraction of sp³-hybridized carbons (Fsp3) is 0.348. The molecule has 2 aromatic carbocycles. The minimum atomic E-state index is -1.17. The number of carbonyl (C=O) groups excluding carboxylic acids is 2. The number of hydrogen-bond acceptors (Lipinski definition) is 5. The third-order valence-corrected chi connectivity index (χ3v) is 6.27. The van der Waals surface area contributed by atoms with Crippen LogP contribution in [0.5, 0.6) is 0 Å². The van der Waals surface area contributed by atoms with E-state index in [0.717, 1.165) is 23.9 Å². The van der Waals surface area contributed by atoms with Crippen molar-refractivity contribution in [3.63, 3.8) is 0 Å². The van der Waals surface area contributed by atoms with Crippen molar-refractivity contribution in [2.75, 3.05) is 13.1 Å². The molecule has 30 heavy (non-hydrogen) atoms. The molecule has 3 aromatic rings. The topological polar surface area (TPSA) is 72.6 Å². The molecule has 1 aromatic heterocycles. The fourth-order valence-corrected chi connectivity index (χ4v) is 4.58. The number of carbonyl (C=O) groups is 2. The molecule has 5 rings (SSSR count). The molecule has 7 heteroatoms. The van der Waals surface area contributed by atoms with Gasteiger partial charge in [0.25, 0.3) is 5.91 Å². The van der Waals surface area contributed by atoms with Gasteiger partial charge in [0.1, 0.15) is 5.52 Å². The Morgan fingerprint density at radius 1 is 1.20 bits per heavy atom. The zero-order valence-electron chi connectivity index (χ0n) is 16.6. The van der Waals surface area contributed by atoms with E-state index in [1.165, 1.54) is 0 Å². The highest BCUT2D eigenvalue weighted by Gasteiger charge is 2.45. The van der Waals surface area contributed by atoms with Gasteiger partial charge < -0.3 is 14.1 Å². The van der Waals surface area contributed by atoms with Gasteiger partial charge in [-0.05, 0) is 49.6 Å². The van der Waals surface area contributed by atoms with Crippen molar-refractivity contribution in [1.82, 2.24) is 9.88 Å². The molecule has 0 bridgehead atoms.